The van der Waals surface area contributed by atoms with Gasteiger partial charge in [-0.3, -0.25) is 19.1 Å². The first-order valence-corrected chi connectivity index (χ1v) is 11.5. The molecule has 0 bridgehead atoms. The number of carbonyl (C=O) groups excluding carboxylic acids is 2. The average Bonchev–Trinajstić information content (AvgIpc) is 3.15. The monoisotopic (exact) mass is 484 g/mol. The van der Waals surface area contributed by atoms with Crippen molar-refractivity contribution in [3.8, 4) is 11.8 Å². The molecule has 1 aliphatic rings. The highest BCUT2D eigenvalue weighted by molar-refractivity contribution is 6.30. The average molecular weight is 485 g/mol. The van der Waals surface area contributed by atoms with E-state index in [9.17, 15) is 14.0 Å². The first-order valence-electron chi connectivity index (χ1n) is 11.2. The molecule has 3 aromatic rings. The molecule has 2 heterocycles. The van der Waals surface area contributed by atoms with Gasteiger partial charge in [-0.1, -0.05) is 43.1 Å². The molecule has 2 aromatic carbocycles. The Labute approximate surface area is 202 Å². The Hall–Kier alpha value is -3.39. The van der Waals surface area contributed by atoms with Crippen LogP contribution in [0.5, 0.6) is 11.8 Å². The van der Waals surface area contributed by atoms with Crippen molar-refractivity contribution in [3.05, 3.63) is 70.6 Å². The molecule has 0 saturated carbocycles. The standard InChI is InChI=1S/C25H26ClFN4O3/c1-4-5-13-30-15-21(32)29(3)23-22(24(30)33)31(16(2)17-9-11-18(26)12-10-17)25(28-23)34-20-8-6-7-19(27)14-20/h6-12,14,16H,4-5,13,15H2,1-3H3/t16-/m1/s1. The van der Waals surface area contributed by atoms with E-state index in [1.165, 1.54) is 23.1 Å². The highest BCUT2D eigenvalue weighted by atomic mass is 35.5. The zero-order valence-electron chi connectivity index (χ0n) is 19.3. The number of imidazole rings is 1. The van der Waals surface area contributed by atoms with Crippen LogP contribution in [0.15, 0.2) is 48.5 Å². The Morgan fingerprint density at radius 3 is 2.59 bits per heavy atom. The highest BCUT2D eigenvalue weighted by Gasteiger charge is 2.37. The molecule has 2 amide bonds. The number of ether oxygens (including phenoxy) is 1. The molecule has 0 saturated heterocycles. The highest BCUT2D eigenvalue weighted by Crippen LogP contribution is 2.36. The fourth-order valence-corrected chi connectivity index (χ4v) is 4.06. The molecule has 1 aromatic heterocycles. The van der Waals surface area contributed by atoms with E-state index in [-0.39, 0.29) is 41.6 Å². The molecule has 178 valence electrons. The molecule has 7 nitrogen and oxygen atoms in total. The normalized spacial score (nSPS) is 14.7. The second-order valence-corrected chi connectivity index (χ2v) is 8.69. The largest absolute Gasteiger partial charge is 0.425 e. The third kappa shape index (κ3) is 4.63. The van der Waals surface area contributed by atoms with Crippen molar-refractivity contribution in [2.24, 2.45) is 0 Å². The molecule has 1 atom stereocenters. The molecule has 0 fully saturated rings. The van der Waals surface area contributed by atoms with Crippen LogP contribution < -0.4 is 9.64 Å². The third-order valence-electron chi connectivity index (χ3n) is 5.89. The Morgan fingerprint density at radius 2 is 1.91 bits per heavy atom. The molecular weight excluding hydrogens is 459 g/mol. The van der Waals surface area contributed by atoms with E-state index in [2.05, 4.69) is 4.98 Å². The quantitative estimate of drug-likeness (QED) is 0.456. The summed E-state index contributed by atoms with van der Waals surface area (Å²) in [7, 11) is 1.59. The molecule has 0 radical (unpaired) electrons. The summed E-state index contributed by atoms with van der Waals surface area (Å²) in [4.78, 5) is 34.1. The zero-order chi connectivity index (χ0) is 24.4. The summed E-state index contributed by atoms with van der Waals surface area (Å²) >= 11 is 6.07. The van der Waals surface area contributed by atoms with Crippen molar-refractivity contribution in [3.63, 3.8) is 0 Å². The Bertz CT molecular complexity index is 1210. The molecule has 34 heavy (non-hydrogen) atoms. The SMILES string of the molecule is CCCCN1CC(=O)N(C)c2nc(Oc3cccc(F)c3)n([C@H](C)c3ccc(Cl)cc3)c2C1=O. The van der Waals surface area contributed by atoms with Gasteiger partial charge in [0, 0.05) is 24.7 Å². The van der Waals surface area contributed by atoms with Crippen molar-refractivity contribution in [2.75, 3.05) is 25.0 Å². The minimum absolute atomic E-state index is 0.0267. The number of hydrogen-bond acceptors (Lipinski definition) is 4. The fourth-order valence-electron chi connectivity index (χ4n) is 3.93. The van der Waals surface area contributed by atoms with Crippen LogP contribution in [0.4, 0.5) is 10.2 Å². The van der Waals surface area contributed by atoms with Gasteiger partial charge in [0.25, 0.3) is 5.91 Å². The lowest BCUT2D eigenvalue weighted by atomic mass is 10.1. The number of carbonyl (C=O) groups is 2. The second kappa shape index (κ2) is 9.85. The van der Waals surface area contributed by atoms with E-state index in [1.54, 1.807) is 34.7 Å². The van der Waals surface area contributed by atoms with Crippen molar-refractivity contribution in [1.29, 1.82) is 0 Å². The summed E-state index contributed by atoms with van der Waals surface area (Å²) in [6, 6.07) is 12.6. The Balaban J connectivity index is 1.88. The van der Waals surface area contributed by atoms with Gasteiger partial charge in [-0.05, 0) is 43.2 Å². The Morgan fingerprint density at radius 1 is 1.18 bits per heavy atom. The topological polar surface area (TPSA) is 67.7 Å². The summed E-state index contributed by atoms with van der Waals surface area (Å²) in [6.45, 7) is 4.36. The summed E-state index contributed by atoms with van der Waals surface area (Å²) in [5, 5.41) is 0.587. The summed E-state index contributed by atoms with van der Waals surface area (Å²) in [6.07, 6.45) is 1.65. The number of fused-ring (bicyclic) bond motifs is 1. The van der Waals surface area contributed by atoms with Gasteiger partial charge in [0.15, 0.2) is 11.5 Å². The number of nitrogens with zero attached hydrogens (tertiary/aromatic N) is 4. The zero-order valence-corrected chi connectivity index (χ0v) is 20.1. The van der Waals surface area contributed by atoms with Gasteiger partial charge >= 0.3 is 6.01 Å². The van der Waals surface area contributed by atoms with E-state index >= 15 is 0 Å². The van der Waals surface area contributed by atoms with Crippen molar-refractivity contribution < 1.29 is 18.7 Å². The maximum absolute atomic E-state index is 13.8. The molecule has 9 heteroatoms. The first-order chi connectivity index (χ1) is 16.3. The molecule has 0 N–H and O–H groups in total. The summed E-state index contributed by atoms with van der Waals surface area (Å²) in [5.74, 6) is -0.569. The van der Waals surface area contributed by atoms with Crippen LogP contribution in [0.3, 0.4) is 0 Å². The van der Waals surface area contributed by atoms with Gasteiger partial charge in [-0.2, -0.15) is 4.98 Å². The van der Waals surface area contributed by atoms with Gasteiger partial charge in [0.05, 0.1) is 6.04 Å². The molecule has 4 rings (SSSR count). The lowest BCUT2D eigenvalue weighted by Crippen LogP contribution is -2.39. The van der Waals surface area contributed by atoms with Crippen LogP contribution >= 0.6 is 11.6 Å². The van der Waals surface area contributed by atoms with E-state index in [0.717, 1.165) is 18.4 Å². The van der Waals surface area contributed by atoms with Gasteiger partial charge < -0.3 is 9.64 Å². The van der Waals surface area contributed by atoms with Crippen LogP contribution in [0, 0.1) is 5.82 Å². The number of unbranched alkanes of at least 4 members (excludes halogenated alkanes) is 1. The van der Waals surface area contributed by atoms with Crippen molar-refractivity contribution in [2.45, 2.75) is 32.7 Å². The van der Waals surface area contributed by atoms with E-state index in [4.69, 9.17) is 16.3 Å². The van der Waals surface area contributed by atoms with Gasteiger partial charge in [0.2, 0.25) is 5.91 Å². The van der Waals surface area contributed by atoms with Crippen LogP contribution in [-0.2, 0) is 4.79 Å². The lowest BCUT2D eigenvalue weighted by molar-refractivity contribution is -0.118. The molecular formula is C25H26ClFN4O3. The van der Waals surface area contributed by atoms with Crippen LogP contribution in [-0.4, -0.2) is 46.4 Å². The predicted molar refractivity (Wildman–Crippen MR) is 128 cm³/mol. The minimum Gasteiger partial charge on any atom is -0.425 e. The van der Waals surface area contributed by atoms with Gasteiger partial charge in [-0.25, -0.2) is 4.39 Å². The number of hydrogen-bond donors (Lipinski definition) is 0. The summed E-state index contributed by atoms with van der Waals surface area (Å²) in [5.41, 5.74) is 1.11. The van der Waals surface area contributed by atoms with Crippen LogP contribution in [0.25, 0.3) is 0 Å². The van der Waals surface area contributed by atoms with Crippen LogP contribution in [0.1, 0.15) is 48.8 Å². The second-order valence-electron chi connectivity index (χ2n) is 8.26. The lowest BCUT2D eigenvalue weighted by Gasteiger charge is -2.23. The van der Waals surface area contributed by atoms with Gasteiger partial charge in [0.1, 0.15) is 18.1 Å². The third-order valence-corrected chi connectivity index (χ3v) is 6.15. The van der Waals surface area contributed by atoms with Gasteiger partial charge in [-0.15, -0.1) is 0 Å². The molecule has 0 spiro atoms. The number of aromatic nitrogens is 2. The number of amides is 2. The number of benzene rings is 2. The fraction of sp³-hybridized carbons (Fsp3) is 0.320. The smallest absolute Gasteiger partial charge is 0.305 e. The van der Waals surface area contributed by atoms with E-state index < -0.39 is 11.9 Å². The maximum atomic E-state index is 13.8. The maximum Gasteiger partial charge on any atom is 0.305 e. The number of halogens is 2. The van der Waals surface area contributed by atoms with Crippen LogP contribution in [0.2, 0.25) is 5.02 Å². The molecule has 1 aliphatic heterocycles. The number of rotatable bonds is 7. The van der Waals surface area contributed by atoms with Crippen molar-refractivity contribution in [1.82, 2.24) is 14.5 Å². The molecule has 0 unspecified atom stereocenters. The minimum atomic E-state index is -0.461. The van der Waals surface area contributed by atoms with E-state index in [1.807, 2.05) is 26.0 Å². The van der Waals surface area contributed by atoms with Crippen molar-refractivity contribution >= 4 is 29.2 Å². The number of anilines is 1. The first kappa shape index (κ1) is 23.8. The van der Waals surface area contributed by atoms with E-state index in [0.29, 0.717) is 11.6 Å². The molecule has 0 aliphatic carbocycles. The summed E-state index contributed by atoms with van der Waals surface area (Å²) < 4.78 is 21.5. The Kier molecular flexibility index (Phi) is 6.88. The number of likely N-dealkylation sites (N-methyl/N-ethyl adjacent to an activating group) is 1. The predicted octanol–water partition coefficient (Wildman–Crippen LogP) is 5.30.